The molecule has 0 fully saturated rings. The van der Waals surface area contributed by atoms with Crippen molar-refractivity contribution in [3.05, 3.63) is 11.3 Å². The van der Waals surface area contributed by atoms with Crippen LogP contribution < -0.4 is 0 Å². The molecule has 0 bridgehead atoms. The van der Waals surface area contributed by atoms with Crippen molar-refractivity contribution in [2.75, 3.05) is 6.61 Å². The Morgan fingerprint density at radius 3 is 2.89 bits per heavy atom. The summed E-state index contributed by atoms with van der Waals surface area (Å²) >= 11 is 0. The molecule has 3 nitrogen and oxygen atoms in total. The number of allylic oxidation sites excluding steroid dienone is 2. The molecule has 3 heteroatoms. The molecule has 2 rings (SSSR count). The highest BCUT2D eigenvalue weighted by molar-refractivity contribution is 5.97. The molecule has 0 saturated heterocycles. The van der Waals surface area contributed by atoms with Crippen LogP contribution in [-0.2, 0) is 14.3 Å². The van der Waals surface area contributed by atoms with Crippen molar-refractivity contribution >= 4 is 5.78 Å². The number of hydrogen-bond acceptors (Lipinski definition) is 3. The van der Waals surface area contributed by atoms with Crippen LogP contribution in [0.15, 0.2) is 11.3 Å². The fourth-order valence-corrected chi connectivity index (χ4v) is 2.97. The lowest BCUT2D eigenvalue weighted by molar-refractivity contribution is -0.141. The first-order valence-corrected chi connectivity index (χ1v) is 7.30. The standard InChI is InChI=1S/C15H24O3/c1-3-5-7-11-10-14(17-4-2)18-13-9-6-8-12(16)15(11)13/h11,14H,3-10H2,1-2H3. The topological polar surface area (TPSA) is 35.5 Å². The van der Waals surface area contributed by atoms with Crippen molar-refractivity contribution in [2.45, 2.75) is 65.1 Å². The molecule has 18 heavy (non-hydrogen) atoms. The summed E-state index contributed by atoms with van der Waals surface area (Å²) in [5, 5.41) is 0. The lowest BCUT2D eigenvalue weighted by atomic mass is 9.80. The smallest absolute Gasteiger partial charge is 0.199 e. The van der Waals surface area contributed by atoms with Gasteiger partial charge in [-0.25, -0.2) is 0 Å². The second-order valence-electron chi connectivity index (χ2n) is 5.19. The van der Waals surface area contributed by atoms with Crippen molar-refractivity contribution in [1.82, 2.24) is 0 Å². The largest absolute Gasteiger partial charge is 0.469 e. The highest BCUT2D eigenvalue weighted by Gasteiger charge is 2.35. The summed E-state index contributed by atoms with van der Waals surface area (Å²) in [6.07, 6.45) is 6.68. The quantitative estimate of drug-likeness (QED) is 0.750. The third kappa shape index (κ3) is 2.94. The van der Waals surface area contributed by atoms with E-state index in [1.807, 2.05) is 6.92 Å². The van der Waals surface area contributed by atoms with Crippen LogP contribution in [0.1, 0.15) is 58.8 Å². The van der Waals surface area contributed by atoms with Gasteiger partial charge in [-0.15, -0.1) is 0 Å². The van der Waals surface area contributed by atoms with Crippen LogP contribution in [0.4, 0.5) is 0 Å². The summed E-state index contributed by atoms with van der Waals surface area (Å²) in [4.78, 5) is 12.1. The SMILES string of the molecule is CCCCC1CC(OCC)OC2=C1C(=O)CCC2. The van der Waals surface area contributed by atoms with E-state index in [0.29, 0.717) is 24.7 Å². The average Bonchev–Trinajstić information content (AvgIpc) is 2.36. The van der Waals surface area contributed by atoms with Crippen molar-refractivity contribution in [3.8, 4) is 0 Å². The molecule has 102 valence electrons. The van der Waals surface area contributed by atoms with Crippen LogP contribution in [0, 0.1) is 5.92 Å². The number of Topliss-reactive ketones (excluding diaryl/α,β-unsaturated/α-hetero) is 1. The van der Waals surface area contributed by atoms with E-state index < -0.39 is 0 Å². The minimum atomic E-state index is -0.137. The molecule has 1 heterocycles. The fraction of sp³-hybridized carbons (Fsp3) is 0.800. The lowest BCUT2D eigenvalue weighted by Crippen LogP contribution is -2.32. The lowest BCUT2D eigenvalue weighted by Gasteiger charge is -2.35. The fourth-order valence-electron chi connectivity index (χ4n) is 2.97. The van der Waals surface area contributed by atoms with Crippen molar-refractivity contribution in [2.24, 2.45) is 5.92 Å². The monoisotopic (exact) mass is 252 g/mol. The Hall–Kier alpha value is -0.830. The van der Waals surface area contributed by atoms with Gasteiger partial charge in [-0.2, -0.15) is 0 Å². The second-order valence-corrected chi connectivity index (χ2v) is 5.19. The maximum absolute atomic E-state index is 12.1. The predicted octanol–water partition coefficient (Wildman–Crippen LogP) is 3.58. The molecular weight excluding hydrogens is 228 g/mol. The van der Waals surface area contributed by atoms with Gasteiger partial charge in [0.15, 0.2) is 12.1 Å². The number of hydrogen-bond donors (Lipinski definition) is 0. The number of unbranched alkanes of at least 4 members (excludes halogenated alkanes) is 1. The Kier molecular flexibility index (Phi) is 4.81. The summed E-state index contributed by atoms with van der Waals surface area (Å²) in [6, 6.07) is 0. The molecule has 0 aromatic carbocycles. The Labute approximate surface area is 110 Å². The molecule has 2 atom stereocenters. The molecule has 0 radical (unpaired) electrons. The molecule has 0 aromatic rings. The molecular formula is C15H24O3. The average molecular weight is 252 g/mol. The Balaban J connectivity index is 2.15. The van der Waals surface area contributed by atoms with E-state index in [9.17, 15) is 4.79 Å². The molecule has 1 aliphatic carbocycles. The van der Waals surface area contributed by atoms with E-state index in [2.05, 4.69) is 6.92 Å². The van der Waals surface area contributed by atoms with Gasteiger partial charge in [0.2, 0.25) is 0 Å². The van der Waals surface area contributed by atoms with Crippen LogP contribution in [-0.4, -0.2) is 18.7 Å². The van der Waals surface area contributed by atoms with Crippen LogP contribution in [0.2, 0.25) is 0 Å². The first-order chi connectivity index (χ1) is 8.76. The summed E-state index contributed by atoms with van der Waals surface area (Å²) in [5.41, 5.74) is 0.991. The van der Waals surface area contributed by atoms with Crippen molar-refractivity contribution in [1.29, 1.82) is 0 Å². The van der Waals surface area contributed by atoms with Gasteiger partial charge in [-0.3, -0.25) is 4.79 Å². The second kappa shape index (κ2) is 6.37. The van der Waals surface area contributed by atoms with E-state index >= 15 is 0 Å². The van der Waals surface area contributed by atoms with Gasteiger partial charge >= 0.3 is 0 Å². The molecule has 0 aromatic heterocycles. The van der Waals surface area contributed by atoms with Crippen molar-refractivity contribution in [3.63, 3.8) is 0 Å². The molecule has 0 N–H and O–H groups in total. The van der Waals surface area contributed by atoms with Crippen LogP contribution in [0.3, 0.4) is 0 Å². The third-order valence-corrected chi connectivity index (χ3v) is 3.83. The van der Waals surface area contributed by atoms with Crippen LogP contribution >= 0.6 is 0 Å². The minimum absolute atomic E-state index is 0.137. The highest BCUT2D eigenvalue weighted by atomic mass is 16.7. The number of ketones is 1. The van der Waals surface area contributed by atoms with Gasteiger partial charge in [0.1, 0.15) is 5.76 Å². The van der Waals surface area contributed by atoms with E-state index in [1.165, 1.54) is 12.8 Å². The number of ether oxygens (including phenoxy) is 2. The maximum atomic E-state index is 12.1. The van der Waals surface area contributed by atoms with Crippen molar-refractivity contribution < 1.29 is 14.3 Å². The van der Waals surface area contributed by atoms with Gasteiger partial charge in [-0.05, 0) is 25.7 Å². The zero-order valence-electron chi connectivity index (χ0n) is 11.5. The first kappa shape index (κ1) is 13.6. The summed E-state index contributed by atoms with van der Waals surface area (Å²) in [5.74, 6) is 1.60. The van der Waals surface area contributed by atoms with E-state index in [0.717, 1.165) is 37.0 Å². The Bertz CT molecular complexity index is 333. The van der Waals surface area contributed by atoms with E-state index in [-0.39, 0.29) is 6.29 Å². The number of carbonyl (C=O) groups is 1. The molecule has 0 saturated carbocycles. The minimum Gasteiger partial charge on any atom is -0.469 e. The van der Waals surface area contributed by atoms with Crippen LogP contribution in [0.5, 0.6) is 0 Å². The van der Waals surface area contributed by atoms with E-state index in [4.69, 9.17) is 9.47 Å². The molecule has 1 aliphatic heterocycles. The zero-order valence-corrected chi connectivity index (χ0v) is 11.5. The van der Waals surface area contributed by atoms with Gasteiger partial charge in [0, 0.05) is 31.4 Å². The Morgan fingerprint density at radius 1 is 1.33 bits per heavy atom. The molecule has 0 spiro atoms. The predicted molar refractivity (Wildman–Crippen MR) is 70.0 cm³/mol. The van der Waals surface area contributed by atoms with Gasteiger partial charge in [-0.1, -0.05) is 19.8 Å². The molecule has 2 aliphatic rings. The number of rotatable bonds is 5. The zero-order chi connectivity index (χ0) is 13.0. The molecule has 0 amide bonds. The third-order valence-electron chi connectivity index (χ3n) is 3.83. The van der Waals surface area contributed by atoms with Gasteiger partial charge in [0.25, 0.3) is 0 Å². The van der Waals surface area contributed by atoms with Gasteiger partial charge < -0.3 is 9.47 Å². The Morgan fingerprint density at radius 2 is 2.17 bits per heavy atom. The van der Waals surface area contributed by atoms with Crippen LogP contribution in [0.25, 0.3) is 0 Å². The maximum Gasteiger partial charge on any atom is 0.199 e. The van der Waals surface area contributed by atoms with Gasteiger partial charge in [0.05, 0.1) is 0 Å². The normalized spacial score (nSPS) is 28.0. The summed E-state index contributed by atoms with van der Waals surface area (Å²) in [7, 11) is 0. The first-order valence-electron chi connectivity index (χ1n) is 7.30. The highest BCUT2D eigenvalue weighted by Crippen LogP contribution is 2.39. The van der Waals surface area contributed by atoms with E-state index in [1.54, 1.807) is 0 Å². The molecule has 2 unspecified atom stereocenters. The summed E-state index contributed by atoms with van der Waals surface area (Å²) < 4.78 is 11.5. The summed E-state index contributed by atoms with van der Waals surface area (Å²) in [6.45, 7) is 4.85. The number of carbonyl (C=O) groups excluding carboxylic acids is 1.